The molecule has 1 aromatic carbocycles. The highest BCUT2D eigenvalue weighted by molar-refractivity contribution is 5.68. The molecule has 0 bridgehead atoms. The maximum atomic E-state index is 12.1. The molecule has 116 valence electrons. The number of hydrogen-bond acceptors (Lipinski definition) is 3. The van der Waals surface area contributed by atoms with Crippen molar-refractivity contribution in [1.29, 1.82) is 0 Å². The summed E-state index contributed by atoms with van der Waals surface area (Å²) in [5.74, 6) is 0. The highest BCUT2D eigenvalue weighted by Crippen LogP contribution is 2.25. The number of carbonyl (C=O) groups is 1. The number of benzene rings is 1. The topological polar surface area (TPSA) is 32.8 Å². The molecule has 1 fully saturated rings. The Morgan fingerprint density at radius 2 is 1.86 bits per heavy atom. The molecule has 1 amide bonds. The third-order valence-electron chi connectivity index (χ3n) is 3.55. The highest BCUT2D eigenvalue weighted by atomic mass is 16.6. The largest absolute Gasteiger partial charge is 0.444 e. The van der Waals surface area contributed by atoms with E-state index < -0.39 is 5.60 Å². The number of rotatable bonds is 3. The van der Waals surface area contributed by atoms with Gasteiger partial charge in [0.15, 0.2) is 0 Å². The predicted octanol–water partition coefficient (Wildman–Crippen LogP) is 3.65. The first-order chi connectivity index (χ1) is 9.87. The number of nitrogens with zero attached hydrogens (tertiary/aromatic N) is 2. The van der Waals surface area contributed by atoms with E-state index in [0.717, 1.165) is 13.1 Å². The SMILES string of the molecule is CN(Cc1ccccc1N1CCCC1)C(=O)OC(C)(C)C. The molecule has 0 atom stereocenters. The summed E-state index contributed by atoms with van der Waals surface area (Å²) >= 11 is 0. The standard InChI is InChI=1S/C17H26N2O2/c1-17(2,3)21-16(20)18(4)13-14-9-5-6-10-15(14)19-11-7-8-12-19/h5-6,9-10H,7-8,11-13H2,1-4H3. The molecule has 4 heteroatoms. The zero-order valence-corrected chi connectivity index (χ0v) is 13.6. The second-order valence-electron chi connectivity index (χ2n) is 6.66. The molecule has 1 aliphatic rings. The summed E-state index contributed by atoms with van der Waals surface area (Å²) in [6, 6.07) is 8.32. The molecule has 0 spiro atoms. The number of para-hydroxylation sites is 1. The number of ether oxygens (including phenoxy) is 1. The van der Waals surface area contributed by atoms with Crippen molar-refractivity contribution in [2.75, 3.05) is 25.0 Å². The molecule has 0 aromatic heterocycles. The Labute approximate surface area is 127 Å². The van der Waals surface area contributed by atoms with Crippen molar-refractivity contribution < 1.29 is 9.53 Å². The quantitative estimate of drug-likeness (QED) is 0.852. The zero-order valence-electron chi connectivity index (χ0n) is 13.6. The lowest BCUT2D eigenvalue weighted by Gasteiger charge is -2.27. The van der Waals surface area contributed by atoms with Gasteiger partial charge in [-0.05, 0) is 45.2 Å². The molecule has 1 heterocycles. The number of hydrogen-bond donors (Lipinski definition) is 0. The maximum Gasteiger partial charge on any atom is 0.410 e. The lowest BCUT2D eigenvalue weighted by molar-refractivity contribution is 0.0285. The second-order valence-corrected chi connectivity index (χ2v) is 6.66. The van der Waals surface area contributed by atoms with Crippen molar-refractivity contribution in [3.63, 3.8) is 0 Å². The van der Waals surface area contributed by atoms with Gasteiger partial charge >= 0.3 is 6.09 Å². The molecule has 0 unspecified atom stereocenters. The fourth-order valence-electron chi connectivity index (χ4n) is 2.57. The van der Waals surface area contributed by atoms with Crippen LogP contribution in [-0.4, -0.2) is 36.7 Å². The van der Waals surface area contributed by atoms with Crippen LogP contribution in [0.15, 0.2) is 24.3 Å². The molecule has 1 aliphatic heterocycles. The summed E-state index contributed by atoms with van der Waals surface area (Å²) in [4.78, 5) is 16.1. The summed E-state index contributed by atoms with van der Waals surface area (Å²) in [6.07, 6.45) is 2.21. The monoisotopic (exact) mass is 290 g/mol. The number of anilines is 1. The molecule has 0 N–H and O–H groups in total. The van der Waals surface area contributed by atoms with Gasteiger partial charge in [0.25, 0.3) is 0 Å². The molecule has 1 saturated heterocycles. The average molecular weight is 290 g/mol. The van der Waals surface area contributed by atoms with Crippen LogP contribution in [0.4, 0.5) is 10.5 Å². The van der Waals surface area contributed by atoms with E-state index in [4.69, 9.17) is 4.74 Å². The minimum Gasteiger partial charge on any atom is -0.444 e. The minimum absolute atomic E-state index is 0.279. The molecule has 2 rings (SSSR count). The van der Waals surface area contributed by atoms with Crippen LogP contribution in [0.5, 0.6) is 0 Å². The minimum atomic E-state index is -0.459. The Hall–Kier alpha value is -1.71. The molecule has 0 aliphatic carbocycles. The first-order valence-electron chi connectivity index (χ1n) is 7.64. The van der Waals surface area contributed by atoms with Gasteiger partial charge in [0.1, 0.15) is 5.60 Å². The van der Waals surface area contributed by atoms with Crippen LogP contribution in [0.2, 0.25) is 0 Å². The molecule has 1 aromatic rings. The van der Waals surface area contributed by atoms with Crippen molar-refractivity contribution in [3.05, 3.63) is 29.8 Å². The maximum absolute atomic E-state index is 12.1. The van der Waals surface area contributed by atoms with Gasteiger partial charge in [0.05, 0.1) is 6.54 Å². The van der Waals surface area contributed by atoms with Gasteiger partial charge in [-0.15, -0.1) is 0 Å². The van der Waals surface area contributed by atoms with E-state index in [-0.39, 0.29) is 6.09 Å². The van der Waals surface area contributed by atoms with E-state index in [1.807, 2.05) is 26.8 Å². The first kappa shape index (κ1) is 15.7. The highest BCUT2D eigenvalue weighted by Gasteiger charge is 2.21. The Morgan fingerprint density at radius 3 is 2.48 bits per heavy atom. The third kappa shape index (κ3) is 4.38. The first-order valence-corrected chi connectivity index (χ1v) is 7.64. The van der Waals surface area contributed by atoms with E-state index in [2.05, 4.69) is 23.1 Å². The van der Waals surface area contributed by atoms with Crippen LogP contribution in [0, 0.1) is 0 Å². The number of carbonyl (C=O) groups excluding carboxylic acids is 1. The Kier molecular flexibility index (Phi) is 4.76. The lowest BCUT2D eigenvalue weighted by atomic mass is 10.1. The Morgan fingerprint density at radius 1 is 1.24 bits per heavy atom. The second kappa shape index (κ2) is 6.37. The Bertz CT molecular complexity index is 488. The van der Waals surface area contributed by atoms with Crippen LogP contribution in [-0.2, 0) is 11.3 Å². The fourth-order valence-corrected chi connectivity index (χ4v) is 2.57. The third-order valence-corrected chi connectivity index (χ3v) is 3.55. The molecule has 0 saturated carbocycles. The van der Waals surface area contributed by atoms with Gasteiger partial charge in [-0.1, -0.05) is 18.2 Å². The average Bonchev–Trinajstić information content (AvgIpc) is 2.91. The van der Waals surface area contributed by atoms with Crippen molar-refractivity contribution in [2.45, 2.75) is 45.8 Å². The molecular weight excluding hydrogens is 264 g/mol. The summed E-state index contributed by atoms with van der Waals surface area (Å²) < 4.78 is 5.41. The molecular formula is C17H26N2O2. The Balaban J connectivity index is 2.07. The van der Waals surface area contributed by atoms with E-state index >= 15 is 0 Å². The van der Waals surface area contributed by atoms with Crippen LogP contribution >= 0.6 is 0 Å². The van der Waals surface area contributed by atoms with E-state index in [1.54, 1.807) is 11.9 Å². The summed E-state index contributed by atoms with van der Waals surface area (Å²) in [5.41, 5.74) is 1.96. The van der Waals surface area contributed by atoms with Crippen LogP contribution in [0.25, 0.3) is 0 Å². The van der Waals surface area contributed by atoms with E-state index in [0.29, 0.717) is 6.54 Å². The van der Waals surface area contributed by atoms with Crippen molar-refractivity contribution in [1.82, 2.24) is 4.90 Å². The molecule has 0 radical (unpaired) electrons. The van der Waals surface area contributed by atoms with Gasteiger partial charge in [0.2, 0.25) is 0 Å². The molecule has 21 heavy (non-hydrogen) atoms. The van der Waals surface area contributed by atoms with Crippen LogP contribution in [0.3, 0.4) is 0 Å². The summed E-state index contributed by atoms with van der Waals surface area (Å²) in [6.45, 7) is 8.44. The predicted molar refractivity (Wildman–Crippen MR) is 85.6 cm³/mol. The van der Waals surface area contributed by atoms with Gasteiger partial charge in [0, 0.05) is 25.8 Å². The van der Waals surface area contributed by atoms with E-state index in [9.17, 15) is 4.79 Å². The van der Waals surface area contributed by atoms with Crippen molar-refractivity contribution in [2.24, 2.45) is 0 Å². The summed E-state index contributed by atoms with van der Waals surface area (Å²) in [7, 11) is 1.79. The van der Waals surface area contributed by atoms with Gasteiger partial charge < -0.3 is 14.5 Å². The van der Waals surface area contributed by atoms with Gasteiger partial charge in [-0.25, -0.2) is 4.79 Å². The lowest BCUT2D eigenvalue weighted by Crippen LogP contribution is -2.34. The normalized spacial score (nSPS) is 15.1. The van der Waals surface area contributed by atoms with Gasteiger partial charge in [-0.3, -0.25) is 0 Å². The summed E-state index contributed by atoms with van der Waals surface area (Å²) in [5, 5.41) is 0. The zero-order chi connectivity index (χ0) is 15.5. The van der Waals surface area contributed by atoms with E-state index in [1.165, 1.54) is 24.1 Å². The van der Waals surface area contributed by atoms with Crippen LogP contribution < -0.4 is 4.90 Å². The smallest absolute Gasteiger partial charge is 0.410 e. The van der Waals surface area contributed by atoms with Gasteiger partial charge in [-0.2, -0.15) is 0 Å². The van der Waals surface area contributed by atoms with Crippen LogP contribution in [0.1, 0.15) is 39.2 Å². The fraction of sp³-hybridized carbons (Fsp3) is 0.588. The van der Waals surface area contributed by atoms with Crippen molar-refractivity contribution >= 4 is 11.8 Å². The number of amides is 1. The molecule has 4 nitrogen and oxygen atoms in total. The van der Waals surface area contributed by atoms with Crippen molar-refractivity contribution in [3.8, 4) is 0 Å².